The van der Waals surface area contributed by atoms with Crippen LogP contribution in [0.3, 0.4) is 0 Å². The van der Waals surface area contributed by atoms with Gasteiger partial charge < -0.3 is 25.8 Å². The molecule has 0 saturated heterocycles. The number of benzene rings is 3. The molecular formula is C31H39N3O5. The number of primary amides is 1. The predicted molar refractivity (Wildman–Crippen MR) is 152 cm³/mol. The highest BCUT2D eigenvalue weighted by atomic mass is 16.6. The van der Waals surface area contributed by atoms with Gasteiger partial charge >= 0.3 is 12.2 Å². The molecule has 3 aromatic carbocycles. The average Bonchev–Trinajstić information content (AvgIpc) is 2.89. The Balaban J connectivity index is 1.51. The van der Waals surface area contributed by atoms with Gasteiger partial charge in [0, 0.05) is 6.54 Å². The number of amides is 3. The van der Waals surface area contributed by atoms with Gasteiger partial charge in [-0.25, -0.2) is 9.59 Å². The molecule has 0 unspecified atom stereocenters. The van der Waals surface area contributed by atoms with Gasteiger partial charge in [0.05, 0.1) is 0 Å². The second-order valence-corrected chi connectivity index (χ2v) is 10.5. The van der Waals surface area contributed by atoms with Gasteiger partial charge in [-0.3, -0.25) is 4.79 Å². The molecule has 0 aromatic heterocycles. The lowest BCUT2D eigenvalue weighted by Gasteiger charge is -2.22. The van der Waals surface area contributed by atoms with Crippen LogP contribution in [0.15, 0.2) is 66.7 Å². The number of ether oxygens (including phenoxy) is 2. The molecule has 0 radical (unpaired) electrons. The summed E-state index contributed by atoms with van der Waals surface area (Å²) in [5.74, 6) is -0.598. The maximum absolute atomic E-state index is 12.1. The van der Waals surface area contributed by atoms with Crippen molar-refractivity contribution >= 4 is 28.9 Å². The zero-order valence-electron chi connectivity index (χ0n) is 23.0. The first kappa shape index (κ1) is 29.5. The number of nitrogens with one attached hydrogen (secondary N) is 2. The van der Waals surface area contributed by atoms with Crippen LogP contribution in [-0.2, 0) is 33.7 Å². The van der Waals surface area contributed by atoms with Crippen LogP contribution in [0.4, 0.5) is 9.59 Å². The summed E-state index contributed by atoms with van der Waals surface area (Å²) in [6.45, 7) is 6.08. The normalized spacial score (nSPS) is 12.0. The third kappa shape index (κ3) is 9.96. The zero-order valence-corrected chi connectivity index (χ0v) is 23.0. The Morgan fingerprint density at radius 3 is 2.05 bits per heavy atom. The van der Waals surface area contributed by atoms with Crippen molar-refractivity contribution in [2.75, 3.05) is 6.54 Å². The molecule has 1 atom stereocenters. The Morgan fingerprint density at radius 1 is 0.821 bits per heavy atom. The molecule has 0 saturated carbocycles. The Labute approximate surface area is 230 Å². The van der Waals surface area contributed by atoms with E-state index in [1.54, 1.807) is 20.8 Å². The minimum atomic E-state index is -0.829. The van der Waals surface area contributed by atoms with E-state index >= 15 is 0 Å². The first-order chi connectivity index (χ1) is 18.6. The summed E-state index contributed by atoms with van der Waals surface area (Å²) >= 11 is 0. The quantitative estimate of drug-likeness (QED) is 0.269. The van der Waals surface area contributed by atoms with Crippen LogP contribution in [0.1, 0.15) is 56.7 Å². The molecule has 39 heavy (non-hydrogen) atoms. The standard InChI is InChI=1S/C31H39N3O5/c1-31(2,3)39-30(37)34-27(28(32)35)19-18-24-17-16-23(25-14-7-8-15-26(24)25)13-9-10-20-33-29(36)38-21-22-11-5-4-6-12-22/h4-8,11-12,14-17,27H,9-10,13,18-21H2,1-3H3,(H2,32,35)(H,33,36)(H,34,37)/t27-/m0/s1. The molecular weight excluding hydrogens is 494 g/mol. The van der Waals surface area contributed by atoms with Gasteiger partial charge in [0.15, 0.2) is 0 Å². The van der Waals surface area contributed by atoms with Crippen LogP contribution in [0.5, 0.6) is 0 Å². The lowest BCUT2D eigenvalue weighted by atomic mass is 9.93. The monoisotopic (exact) mass is 533 g/mol. The van der Waals surface area contributed by atoms with Crippen molar-refractivity contribution in [3.63, 3.8) is 0 Å². The molecule has 0 fully saturated rings. The number of aryl methyl sites for hydroxylation is 2. The molecule has 0 bridgehead atoms. The van der Waals surface area contributed by atoms with Crippen LogP contribution < -0.4 is 16.4 Å². The smallest absolute Gasteiger partial charge is 0.408 e. The molecule has 0 aliphatic rings. The van der Waals surface area contributed by atoms with Gasteiger partial charge in [-0.05, 0) is 80.3 Å². The van der Waals surface area contributed by atoms with E-state index in [1.165, 1.54) is 5.56 Å². The van der Waals surface area contributed by atoms with Crippen LogP contribution in [-0.4, -0.2) is 36.3 Å². The number of hydrogen-bond donors (Lipinski definition) is 3. The Kier molecular flexibility index (Phi) is 10.7. The average molecular weight is 534 g/mol. The number of carbonyl (C=O) groups is 3. The SMILES string of the molecule is CC(C)(C)OC(=O)N[C@@H](CCc1ccc(CCCCNC(=O)OCc2ccccc2)c2ccccc12)C(N)=O. The Morgan fingerprint density at radius 2 is 1.44 bits per heavy atom. The first-order valence-corrected chi connectivity index (χ1v) is 13.4. The van der Waals surface area contributed by atoms with E-state index in [0.29, 0.717) is 19.4 Å². The second-order valence-electron chi connectivity index (χ2n) is 10.5. The fourth-order valence-electron chi connectivity index (χ4n) is 4.30. The highest BCUT2D eigenvalue weighted by molar-refractivity contribution is 5.89. The second kappa shape index (κ2) is 14.2. The summed E-state index contributed by atoms with van der Waals surface area (Å²) in [5.41, 5.74) is 8.13. The highest BCUT2D eigenvalue weighted by Crippen LogP contribution is 2.25. The zero-order chi connectivity index (χ0) is 28.3. The highest BCUT2D eigenvalue weighted by Gasteiger charge is 2.23. The largest absolute Gasteiger partial charge is 0.445 e. The third-order valence-corrected chi connectivity index (χ3v) is 6.20. The first-order valence-electron chi connectivity index (χ1n) is 13.4. The van der Waals surface area contributed by atoms with E-state index in [2.05, 4.69) is 34.9 Å². The van der Waals surface area contributed by atoms with Crippen molar-refractivity contribution in [1.82, 2.24) is 10.6 Å². The maximum Gasteiger partial charge on any atom is 0.408 e. The fraction of sp³-hybridized carbons (Fsp3) is 0.387. The topological polar surface area (TPSA) is 120 Å². The van der Waals surface area contributed by atoms with E-state index in [0.717, 1.165) is 41.2 Å². The molecule has 3 amide bonds. The molecule has 0 heterocycles. The van der Waals surface area contributed by atoms with Crippen molar-refractivity contribution in [1.29, 1.82) is 0 Å². The number of unbranched alkanes of at least 4 members (excludes halogenated alkanes) is 1. The molecule has 0 aliphatic heterocycles. The molecule has 4 N–H and O–H groups in total. The van der Waals surface area contributed by atoms with E-state index < -0.39 is 29.7 Å². The van der Waals surface area contributed by atoms with Crippen molar-refractivity contribution in [3.05, 3.63) is 83.4 Å². The number of carbonyl (C=O) groups excluding carboxylic acids is 3. The minimum absolute atomic E-state index is 0.252. The number of alkyl carbamates (subject to hydrolysis) is 2. The van der Waals surface area contributed by atoms with E-state index in [-0.39, 0.29) is 6.61 Å². The lowest BCUT2D eigenvalue weighted by molar-refractivity contribution is -0.120. The number of fused-ring (bicyclic) bond motifs is 1. The van der Waals surface area contributed by atoms with Crippen molar-refractivity contribution in [3.8, 4) is 0 Å². The summed E-state index contributed by atoms with van der Waals surface area (Å²) in [4.78, 5) is 36.1. The van der Waals surface area contributed by atoms with Gasteiger partial charge in [0.1, 0.15) is 18.2 Å². The Hall–Kier alpha value is -4.07. The molecule has 8 nitrogen and oxygen atoms in total. The van der Waals surface area contributed by atoms with Crippen molar-refractivity contribution in [2.45, 2.75) is 71.1 Å². The molecule has 3 aromatic rings. The van der Waals surface area contributed by atoms with Crippen LogP contribution >= 0.6 is 0 Å². The number of hydrogen-bond acceptors (Lipinski definition) is 5. The van der Waals surface area contributed by atoms with Gasteiger partial charge in [0.2, 0.25) is 5.91 Å². The third-order valence-electron chi connectivity index (χ3n) is 6.20. The predicted octanol–water partition coefficient (Wildman–Crippen LogP) is 5.40. The molecule has 8 heteroatoms. The summed E-state index contributed by atoms with van der Waals surface area (Å²) in [6.07, 6.45) is 2.46. The van der Waals surface area contributed by atoms with Gasteiger partial charge in [-0.15, -0.1) is 0 Å². The minimum Gasteiger partial charge on any atom is -0.445 e. The lowest BCUT2D eigenvalue weighted by Crippen LogP contribution is -2.46. The van der Waals surface area contributed by atoms with E-state index in [9.17, 15) is 14.4 Å². The van der Waals surface area contributed by atoms with Crippen LogP contribution in [0.2, 0.25) is 0 Å². The van der Waals surface area contributed by atoms with Gasteiger partial charge in [-0.2, -0.15) is 0 Å². The summed E-state index contributed by atoms with van der Waals surface area (Å²) in [7, 11) is 0. The van der Waals surface area contributed by atoms with Gasteiger partial charge in [0.25, 0.3) is 0 Å². The summed E-state index contributed by atoms with van der Waals surface area (Å²) < 4.78 is 10.5. The van der Waals surface area contributed by atoms with Crippen molar-refractivity contribution < 1.29 is 23.9 Å². The fourth-order valence-corrected chi connectivity index (χ4v) is 4.30. The van der Waals surface area contributed by atoms with Gasteiger partial charge in [-0.1, -0.05) is 66.7 Å². The number of rotatable bonds is 12. The molecule has 208 valence electrons. The molecule has 3 rings (SSSR count). The van der Waals surface area contributed by atoms with Crippen LogP contribution in [0, 0.1) is 0 Å². The molecule has 0 spiro atoms. The van der Waals surface area contributed by atoms with Crippen LogP contribution in [0.25, 0.3) is 10.8 Å². The molecule has 0 aliphatic carbocycles. The maximum atomic E-state index is 12.1. The summed E-state index contributed by atoms with van der Waals surface area (Å²) in [6, 6.07) is 21.1. The Bertz CT molecular complexity index is 1250. The van der Waals surface area contributed by atoms with E-state index in [4.69, 9.17) is 15.2 Å². The number of nitrogens with two attached hydrogens (primary N) is 1. The van der Waals surface area contributed by atoms with E-state index in [1.807, 2.05) is 42.5 Å². The summed E-state index contributed by atoms with van der Waals surface area (Å²) in [5, 5.41) is 7.66. The van der Waals surface area contributed by atoms with Crippen molar-refractivity contribution in [2.24, 2.45) is 5.73 Å².